The molecule has 1 unspecified atom stereocenters. The van der Waals surface area contributed by atoms with Gasteiger partial charge in [0, 0.05) is 25.7 Å². The Bertz CT molecular complexity index is 409. The summed E-state index contributed by atoms with van der Waals surface area (Å²) in [6, 6.07) is 7.13. The number of thioether (sulfide) groups is 1. The summed E-state index contributed by atoms with van der Waals surface area (Å²) in [6.07, 6.45) is 3.32. The fourth-order valence-corrected chi connectivity index (χ4v) is 3.02. The van der Waals surface area contributed by atoms with E-state index in [1.165, 1.54) is 17.7 Å². The van der Waals surface area contributed by atoms with Crippen LogP contribution in [0.25, 0.3) is 0 Å². The number of hydrogen-bond donors (Lipinski definition) is 1. The first-order valence-corrected chi connectivity index (χ1v) is 8.97. The average Bonchev–Trinajstić information content (AvgIpc) is 2.41. The van der Waals surface area contributed by atoms with Gasteiger partial charge in [0.1, 0.15) is 0 Å². The van der Waals surface area contributed by atoms with Crippen LogP contribution in [-0.2, 0) is 6.54 Å². The Labute approximate surface area is 133 Å². The van der Waals surface area contributed by atoms with Crippen molar-refractivity contribution in [3.05, 3.63) is 28.8 Å². The molecule has 0 saturated carbocycles. The normalized spacial score (nSPS) is 12.8. The number of nitrogens with one attached hydrogen (secondary N) is 1. The van der Waals surface area contributed by atoms with Crippen molar-refractivity contribution < 1.29 is 0 Å². The van der Waals surface area contributed by atoms with Crippen molar-refractivity contribution in [3.63, 3.8) is 0 Å². The number of halogens is 1. The molecule has 0 aliphatic rings. The molecule has 0 fully saturated rings. The number of nitrogens with zero attached hydrogens (tertiary/aromatic N) is 1. The number of anilines is 1. The zero-order valence-corrected chi connectivity index (χ0v) is 14.8. The molecule has 1 aromatic rings. The Morgan fingerprint density at radius 1 is 1.30 bits per heavy atom. The number of para-hydroxylation sites is 1. The van der Waals surface area contributed by atoms with Crippen molar-refractivity contribution in [2.75, 3.05) is 24.0 Å². The predicted molar refractivity (Wildman–Crippen MR) is 94.3 cm³/mol. The molecule has 2 nitrogen and oxygen atoms in total. The summed E-state index contributed by atoms with van der Waals surface area (Å²) >= 11 is 8.34. The second-order valence-electron chi connectivity index (χ2n) is 5.52. The SMILES string of the molecule is CSCCC(C)N(C)c1c(Cl)cccc1CNC(C)C. The highest BCUT2D eigenvalue weighted by Gasteiger charge is 2.16. The fraction of sp³-hybridized carbons (Fsp3) is 0.625. The first-order valence-electron chi connectivity index (χ1n) is 7.20. The summed E-state index contributed by atoms with van der Waals surface area (Å²) in [4.78, 5) is 2.32. The van der Waals surface area contributed by atoms with E-state index >= 15 is 0 Å². The molecule has 4 heteroatoms. The maximum Gasteiger partial charge on any atom is 0.0642 e. The molecule has 0 spiro atoms. The first-order chi connectivity index (χ1) is 9.47. The van der Waals surface area contributed by atoms with Crippen LogP contribution >= 0.6 is 23.4 Å². The summed E-state index contributed by atoms with van der Waals surface area (Å²) in [6.45, 7) is 7.44. The minimum absolute atomic E-state index is 0.473. The molecule has 114 valence electrons. The van der Waals surface area contributed by atoms with E-state index in [1.54, 1.807) is 0 Å². The van der Waals surface area contributed by atoms with E-state index in [1.807, 2.05) is 23.9 Å². The lowest BCUT2D eigenvalue weighted by atomic mass is 10.1. The molecule has 20 heavy (non-hydrogen) atoms. The first kappa shape index (κ1) is 17.7. The highest BCUT2D eigenvalue weighted by Crippen LogP contribution is 2.31. The maximum atomic E-state index is 6.44. The topological polar surface area (TPSA) is 15.3 Å². The van der Waals surface area contributed by atoms with Gasteiger partial charge in [0.15, 0.2) is 0 Å². The molecule has 0 aliphatic heterocycles. The molecule has 0 radical (unpaired) electrons. The molecular formula is C16H27ClN2S. The number of rotatable bonds is 8. The van der Waals surface area contributed by atoms with E-state index in [2.05, 4.69) is 50.4 Å². The van der Waals surface area contributed by atoms with Crippen molar-refractivity contribution in [2.45, 2.75) is 45.8 Å². The molecule has 0 aromatic heterocycles. The van der Waals surface area contributed by atoms with Gasteiger partial charge in [0.05, 0.1) is 10.7 Å². The summed E-state index contributed by atoms with van der Waals surface area (Å²) in [5, 5.41) is 4.32. The Morgan fingerprint density at radius 2 is 2.00 bits per heavy atom. The van der Waals surface area contributed by atoms with Crippen molar-refractivity contribution >= 4 is 29.1 Å². The van der Waals surface area contributed by atoms with Crippen molar-refractivity contribution in [3.8, 4) is 0 Å². The van der Waals surface area contributed by atoms with E-state index in [4.69, 9.17) is 11.6 Å². The molecule has 0 bridgehead atoms. The highest BCUT2D eigenvalue weighted by molar-refractivity contribution is 7.98. The lowest BCUT2D eigenvalue weighted by Gasteiger charge is -2.30. The second-order valence-corrected chi connectivity index (χ2v) is 6.92. The predicted octanol–water partition coefficient (Wildman–Crippen LogP) is 4.42. The molecular weight excluding hydrogens is 288 g/mol. The monoisotopic (exact) mass is 314 g/mol. The van der Waals surface area contributed by atoms with E-state index in [0.29, 0.717) is 12.1 Å². The van der Waals surface area contributed by atoms with E-state index in [0.717, 1.165) is 17.3 Å². The van der Waals surface area contributed by atoms with Crippen LogP contribution in [0.3, 0.4) is 0 Å². The summed E-state index contributed by atoms with van der Waals surface area (Å²) in [5.74, 6) is 1.18. The van der Waals surface area contributed by atoms with Gasteiger partial charge in [-0.05, 0) is 37.0 Å². The van der Waals surface area contributed by atoms with Gasteiger partial charge in [-0.2, -0.15) is 11.8 Å². The Kier molecular flexibility index (Phi) is 7.78. The lowest BCUT2D eigenvalue weighted by molar-refractivity contribution is 0.585. The van der Waals surface area contributed by atoms with E-state index in [9.17, 15) is 0 Å². The third-order valence-electron chi connectivity index (χ3n) is 3.52. The summed E-state index contributed by atoms with van der Waals surface area (Å²) in [5.41, 5.74) is 2.43. The quantitative estimate of drug-likeness (QED) is 0.765. The van der Waals surface area contributed by atoms with Gasteiger partial charge in [-0.3, -0.25) is 0 Å². The van der Waals surface area contributed by atoms with Crippen LogP contribution in [-0.4, -0.2) is 31.1 Å². The molecule has 1 rings (SSSR count). The lowest BCUT2D eigenvalue weighted by Crippen LogP contribution is -2.31. The molecule has 0 aliphatic carbocycles. The van der Waals surface area contributed by atoms with Gasteiger partial charge in [0.25, 0.3) is 0 Å². The van der Waals surface area contributed by atoms with Crippen LogP contribution in [0.5, 0.6) is 0 Å². The Morgan fingerprint density at radius 3 is 2.60 bits per heavy atom. The van der Waals surface area contributed by atoms with Gasteiger partial charge in [0.2, 0.25) is 0 Å². The van der Waals surface area contributed by atoms with Crippen LogP contribution in [0.4, 0.5) is 5.69 Å². The molecule has 1 atom stereocenters. The van der Waals surface area contributed by atoms with Crippen LogP contribution in [0.15, 0.2) is 18.2 Å². The molecule has 1 aromatic carbocycles. The minimum atomic E-state index is 0.473. The van der Waals surface area contributed by atoms with E-state index < -0.39 is 0 Å². The van der Waals surface area contributed by atoms with E-state index in [-0.39, 0.29) is 0 Å². The number of hydrogen-bond acceptors (Lipinski definition) is 3. The molecule has 0 amide bonds. The fourth-order valence-electron chi connectivity index (χ4n) is 2.11. The van der Waals surface area contributed by atoms with Gasteiger partial charge >= 0.3 is 0 Å². The van der Waals surface area contributed by atoms with Gasteiger partial charge < -0.3 is 10.2 Å². The van der Waals surface area contributed by atoms with Crippen molar-refractivity contribution in [1.29, 1.82) is 0 Å². The number of benzene rings is 1. The van der Waals surface area contributed by atoms with Crippen molar-refractivity contribution in [1.82, 2.24) is 5.32 Å². The van der Waals surface area contributed by atoms with Crippen LogP contribution in [0.1, 0.15) is 32.8 Å². The molecule has 0 saturated heterocycles. The standard InChI is InChI=1S/C16H27ClN2S/c1-12(2)18-11-14-7-6-8-15(17)16(14)19(4)13(3)9-10-20-5/h6-8,12-13,18H,9-11H2,1-5H3. The van der Waals surface area contributed by atoms with Gasteiger partial charge in [-0.15, -0.1) is 0 Å². The van der Waals surface area contributed by atoms with Crippen LogP contribution in [0, 0.1) is 0 Å². The highest BCUT2D eigenvalue weighted by atomic mass is 35.5. The maximum absolute atomic E-state index is 6.44. The Balaban J connectivity index is 2.90. The zero-order valence-electron chi connectivity index (χ0n) is 13.2. The molecule has 0 heterocycles. The third kappa shape index (κ3) is 5.19. The summed E-state index contributed by atoms with van der Waals surface area (Å²) in [7, 11) is 2.14. The summed E-state index contributed by atoms with van der Waals surface area (Å²) < 4.78 is 0. The van der Waals surface area contributed by atoms with Gasteiger partial charge in [-0.1, -0.05) is 37.6 Å². The zero-order chi connectivity index (χ0) is 15.1. The average molecular weight is 315 g/mol. The Hall–Kier alpha value is -0.380. The van der Waals surface area contributed by atoms with Gasteiger partial charge in [-0.25, -0.2) is 0 Å². The second kappa shape index (κ2) is 8.81. The smallest absolute Gasteiger partial charge is 0.0642 e. The largest absolute Gasteiger partial charge is 0.370 e. The third-order valence-corrected chi connectivity index (χ3v) is 4.47. The van der Waals surface area contributed by atoms with Crippen molar-refractivity contribution in [2.24, 2.45) is 0 Å². The van der Waals surface area contributed by atoms with Crippen LogP contribution in [0.2, 0.25) is 5.02 Å². The molecule has 1 N–H and O–H groups in total. The minimum Gasteiger partial charge on any atom is -0.370 e. The van der Waals surface area contributed by atoms with Crippen LogP contribution < -0.4 is 10.2 Å².